The summed E-state index contributed by atoms with van der Waals surface area (Å²) in [5.74, 6) is -2.95. The van der Waals surface area contributed by atoms with Crippen LogP contribution in [-0.2, 0) is 9.59 Å². The van der Waals surface area contributed by atoms with Gasteiger partial charge in [0, 0.05) is 23.6 Å². The van der Waals surface area contributed by atoms with E-state index in [-0.39, 0.29) is 16.9 Å². The fourth-order valence-corrected chi connectivity index (χ4v) is 2.63. The van der Waals surface area contributed by atoms with Crippen LogP contribution in [0, 0.1) is 11.6 Å². The minimum atomic E-state index is -0.767. The third-order valence-corrected chi connectivity index (χ3v) is 3.89. The molecule has 3 aromatic carbocycles. The molecule has 0 heterocycles. The number of halogens is 2. The fraction of sp³-hybridized carbons (Fsp3) is 0. The molecule has 0 unspecified atom stereocenters. The minimum absolute atomic E-state index is 0.0258. The molecule has 0 aliphatic carbocycles. The number of esters is 2. The highest BCUT2D eigenvalue weighted by molar-refractivity contribution is 5.90. The lowest BCUT2D eigenvalue weighted by atomic mass is 10.0. The van der Waals surface area contributed by atoms with Crippen molar-refractivity contribution in [2.24, 2.45) is 0 Å². The summed E-state index contributed by atoms with van der Waals surface area (Å²) in [5, 5.41) is 0.745. The number of hydrogen-bond acceptors (Lipinski definition) is 4. The lowest BCUT2D eigenvalue weighted by Crippen LogP contribution is -2.04. The molecule has 0 atom stereocenters. The van der Waals surface area contributed by atoms with Gasteiger partial charge in [-0.2, -0.15) is 0 Å². The van der Waals surface area contributed by atoms with Crippen molar-refractivity contribution in [2.45, 2.75) is 0 Å². The summed E-state index contributed by atoms with van der Waals surface area (Å²) in [4.78, 5) is 22.6. The zero-order chi connectivity index (χ0) is 20.3. The summed E-state index contributed by atoms with van der Waals surface area (Å²) in [6.07, 6.45) is 1.91. The smallest absolute Gasteiger partial charge is 0.335 e. The SMILES string of the molecule is C=CC(=O)Oc1cc(F)cc(-c2ccc3c(F)c(OC(=O)C=C)ccc3c2)c1. The van der Waals surface area contributed by atoms with Gasteiger partial charge in [0.05, 0.1) is 0 Å². The molecule has 0 aromatic heterocycles. The van der Waals surface area contributed by atoms with Gasteiger partial charge in [-0.15, -0.1) is 0 Å². The molecule has 0 amide bonds. The summed E-state index contributed by atoms with van der Waals surface area (Å²) >= 11 is 0. The molecule has 0 fully saturated rings. The predicted molar refractivity (Wildman–Crippen MR) is 101 cm³/mol. The van der Waals surface area contributed by atoms with Crippen LogP contribution in [0.15, 0.2) is 73.8 Å². The quantitative estimate of drug-likeness (QED) is 0.356. The molecular weight excluding hydrogens is 366 g/mol. The summed E-state index contributed by atoms with van der Waals surface area (Å²) < 4.78 is 38.3. The Morgan fingerprint density at radius 2 is 1.54 bits per heavy atom. The Kier molecular flexibility index (Phi) is 5.31. The predicted octanol–water partition coefficient (Wildman–Crippen LogP) is 4.97. The fourth-order valence-electron chi connectivity index (χ4n) is 2.63. The van der Waals surface area contributed by atoms with Crippen molar-refractivity contribution in [3.63, 3.8) is 0 Å². The molecule has 6 heteroatoms. The Labute approximate surface area is 159 Å². The van der Waals surface area contributed by atoms with Gasteiger partial charge in [0.2, 0.25) is 0 Å². The van der Waals surface area contributed by atoms with Crippen LogP contribution >= 0.6 is 0 Å². The third-order valence-electron chi connectivity index (χ3n) is 3.89. The first-order chi connectivity index (χ1) is 13.4. The molecule has 140 valence electrons. The zero-order valence-electron chi connectivity index (χ0n) is 14.6. The van der Waals surface area contributed by atoms with Crippen molar-refractivity contribution in [3.05, 3.63) is 85.5 Å². The van der Waals surface area contributed by atoms with Crippen LogP contribution in [-0.4, -0.2) is 11.9 Å². The Morgan fingerprint density at radius 1 is 0.821 bits per heavy atom. The van der Waals surface area contributed by atoms with Gasteiger partial charge in [0.25, 0.3) is 0 Å². The van der Waals surface area contributed by atoms with E-state index in [0.29, 0.717) is 16.5 Å². The molecule has 0 spiro atoms. The average Bonchev–Trinajstić information content (AvgIpc) is 2.69. The largest absolute Gasteiger partial charge is 0.423 e. The second-order valence-electron chi connectivity index (χ2n) is 5.74. The molecule has 0 radical (unpaired) electrons. The van der Waals surface area contributed by atoms with E-state index in [2.05, 4.69) is 13.2 Å². The van der Waals surface area contributed by atoms with E-state index in [4.69, 9.17) is 9.47 Å². The number of carbonyl (C=O) groups excluding carboxylic acids is 2. The Balaban J connectivity index is 2.02. The summed E-state index contributed by atoms with van der Waals surface area (Å²) in [6.45, 7) is 6.56. The number of benzene rings is 3. The molecule has 0 bridgehead atoms. The first-order valence-electron chi connectivity index (χ1n) is 8.13. The van der Waals surface area contributed by atoms with Gasteiger partial charge in [-0.3, -0.25) is 0 Å². The van der Waals surface area contributed by atoms with Crippen molar-refractivity contribution < 1.29 is 27.8 Å². The summed E-state index contributed by atoms with van der Waals surface area (Å²) in [5.41, 5.74) is 1.02. The minimum Gasteiger partial charge on any atom is -0.423 e. The molecule has 4 nitrogen and oxygen atoms in total. The van der Waals surface area contributed by atoms with Crippen molar-refractivity contribution in [3.8, 4) is 22.6 Å². The van der Waals surface area contributed by atoms with E-state index < -0.39 is 23.6 Å². The van der Waals surface area contributed by atoms with Gasteiger partial charge in [-0.25, -0.2) is 18.4 Å². The van der Waals surface area contributed by atoms with E-state index in [0.717, 1.165) is 18.2 Å². The van der Waals surface area contributed by atoms with Crippen LogP contribution in [0.25, 0.3) is 21.9 Å². The summed E-state index contributed by atoms with van der Waals surface area (Å²) in [7, 11) is 0. The standard InChI is InChI=1S/C22H14F2O4/c1-3-20(25)27-17-11-15(10-16(23)12-17)13-5-7-18-14(9-13)6-8-19(22(18)24)28-21(26)4-2/h3-12H,1-2H2. The van der Waals surface area contributed by atoms with Gasteiger partial charge in [-0.05, 0) is 40.8 Å². The third kappa shape index (κ3) is 3.96. The number of fused-ring (bicyclic) bond motifs is 1. The van der Waals surface area contributed by atoms with Crippen LogP contribution in [0.2, 0.25) is 0 Å². The lowest BCUT2D eigenvalue weighted by molar-refractivity contribution is -0.130. The maximum atomic E-state index is 14.6. The van der Waals surface area contributed by atoms with Crippen molar-refractivity contribution in [2.75, 3.05) is 0 Å². The average molecular weight is 380 g/mol. The van der Waals surface area contributed by atoms with E-state index >= 15 is 0 Å². The first-order valence-corrected chi connectivity index (χ1v) is 8.13. The van der Waals surface area contributed by atoms with Gasteiger partial charge in [0.15, 0.2) is 11.6 Å². The molecule has 28 heavy (non-hydrogen) atoms. The normalized spacial score (nSPS) is 10.4. The highest BCUT2D eigenvalue weighted by atomic mass is 19.1. The molecule has 0 saturated heterocycles. The van der Waals surface area contributed by atoms with E-state index in [1.807, 2.05) is 0 Å². The van der Waals surface area contributed by atoms with Crippen LogP contribution in [0.1, 0.15) is 0 Å². The second kappa shape index (κ2) is 7.84. The Morgan fingerprint density at radius 3 is 2.25 bits per heavy atom. The molecule has 0 saturated carbocycles. The van der Waals surface area contributed by atoms with E-state index in [1.54, 1.807) is 18.2 Å². The highest BCUT2D eigenvalue weighted by Gasteiger charge is 2.13. The van der Waals surface area contributed by atoms with Crippen LogP contribution < -0.4 is 9.47 Å². The van der Waals surface area contributed by atoms with Crippen LogP contribution in [0.4, 0.5) is 8.78 Å². The first kappa shape index (κ1) is 19.0. The monoisotopic (exact) mass is 380 g/mol. The second-order valence-corrected chi connectivity index (χ2v) is 5.74. The van der Waals surface area contributed by atoms with Gasteiger partial charge in [0.1, 0.15) is 11.6 Å². The molecular formula is C22H14F2O4. The molecule has 3 aromatic rings. The number of hydrogen-bond donors (Lipinski definition) is 0. The molecule has 0 N–H and O–H groups in total. The Hall–Kier alpha value is -3.80. The lowest BCUT2D eigenvalue weighted by Gasteiger charge is -2.10. The zero-order valence-corrected chi connectivity index (χ0v) is 14.6. The van der Waals surface area contributed by atoms with Crippen LogP contribution in [0.3, 0.4) is 0 Å². The maximum Gasteiger partial charge on any atom is 0.335 e. The number of rotatable bonds is 5. The van der Waals surface area contributed by atoms with Gasteiger partial charge in [-0.1, -0.05) is 31.4 Å². The van der Waals surface area contributed by atoms with Gasteiger partial charge >= 0.3 is 11.9 Å². The molecule has 0 aliphatic rings. The van der Waals surface area contributed by atoms with E-state index in [9.17, 15) is 18.4 Å². The molecule has 0 aliphatic heterocycles. The number of ether oxygens (including phenoxy) is 2. The van der Waals surface area contributed by atoms with Gasteiger partial charge < -0.3 is 9.47 Å². The van der Waals surface area contributed by atoms with Crippen molar-refractivity contribution in [1.29, 1.82) is 0 Å². The molecule has 3 rings (SSSR count). The Bertz CT molecular complexity index is 1120. The topological polar surface area (TPSA) is 52.6 Å². The van der Waals surface area contributed by atoms with E-state index in [1.165, 1.54) is 24.3 Å². The van der Waals surface area contributed by atoms with Crippen LogP contribution in [0.5, 0.6) is 11.5 Å². The van der Waals surface area contributed by atoms with Crippen molar-refractivity contribution in [1.82, 2.24) is 0 Å². The summed E-state index contributed by atoms with van der Waals surface area (Å²) in [6, 6.07) is 11.4. The highest BCUT2D eigenvalue weighted by Crippen LogP contribution is 2.32. The maximum absolute atomic E-state index is 14.6. The number of carbonyl (C=O) groups is 2. The van der Waals surface area contributed by atoms with Crippen molar-refractivity contribution >= 4 is 22.7 Å².